The van der Waals surface area contributed by atoms with Crippen LogP contribution in [0, 0.1) is 6.92 Å². The van der Waals surface area contributed by atoms with E-state index in [-0.39, 0.29) is 0 Å². The molecular formula is C11H14OSe. The van der Waals surface area contributed by atoms with Crippen molar-refractivity contribution in [2.24, 2.45) is 0 Å². The van der Waals surface area contributed by atoms with Crippen LogP contribution in [0.3, 0.4) is 0 Å². The van der Waals surface area contributed by atoms with Gasteiger partial charge in [0.15, 0.2) is 0 Å². The van der Waals surface area contributed by atoms with Crippen molar-refractivity contribution in [3.8, 4) is 0 Å². The van der Waals surface area contributed by atoms with Crippen molar-refractivity contribution < 1.29 is 4.79 Å². The number of aryl methyl sites for hydroxylation is 1. The van der Waals surface area contributed by atoms with E-state index < -0.39 is 0 Å². The van der Waals surface area contributed by atoms with Crippen molar-refractivity contribution in [1.82, 2.24) is 0 Å². The zero-order valence-corrected chi connectivity index (χ0v) is 9.54. The van der Waals surface area contributed by atoms with Gasteiger partial charge in [0.2, 0.25) is 0 Å². The second kappa shape index (κ2) is 5.95. The molecule has 1 nitrogen and oxygen atoms in total. The molecule has 1 rings (SSSR count). The minimum atomic E-state index is 0.593. The van der Waals surface area contributed by atoms with Crippen molar-refractivity contribution in [2.45, 2.75) is 24.0 Å². The van der Waals surface area contributed by atoms with Crippen LogP contribution in [0.25, 0.3) is 0 Å². The van der Waals surface area contributed by atoms with E-state index in [2.05, 4.69) is 31.2 Å². The quantitative estimate of drug-likeness (QED) is 0.439. The van der Waals surface area contributed by atoms with Gasteiger partial charge < -0.3 is 0 Å². The SMILES string of the molecule is Cc1ccc(C[Se]CCC=O)cc1. The van der Waals surface area contributed by atoms with Gasteiger partial charge in [0, 0.05) is 0 Å². The number of carbonyl (C=O) groups excluding carboxylic acids is 1. The number of rotatable bonds is 5. The number of carbonyl (C=O) groups is 1. The second-order valence-corrected chi connectivity index (χ2v) is 5.31. The Kier molecular flexibility index (Phi) is 4.80. The molecule has 0 aliphatic carbocycles. The van der Waals surface area contributed by atoms with Crippen molar-refractivity contribution in [1.29, 1.82) is 0 Å². The van der Waals surface area contributed by atoms with Gasteiger partial charge in [0.25, 0.3) is 0 Å². The fraction of sp³-hybridized carbons (Fsp3) is 0.364. The van der Waals surface area contributed by atoms with Crippen molar-refractivity contribution >= 4 is 21.2 Å². The molecular weight excluding hydrogens is 227 g/mol. The Balaban J connectivity index is 2.28. The zero-order valence-electron chi connectivity index (χ0n) is 7.82. The summed E-state index contributed by atoms with van der Waals surface area (Å²) in [6, 6.07) is 8.65. The zero-order chi connectivity index (χ0) is 9.52. The van der Waals surface area contributed by atoms with E-state index in [0.717, 1.165) is 23.3 Å². The molecule has 0 spiro atoms. The van der Waals surface area contributed by atoms with Crippen LogP contribution >= 0.6 is 0 Å². The van der Waals surface area contributed by atoms with Gasteiger partial charge in [-0.2, -0.15) is 0 Å². The maximum atomic E-state index is 10.1. The van der Waals surface area contributed by atoms with E-state index in [4.69, 9.17) is 0 Å². The van der Waals surface area contributed by atoms with Crippen molar-refractivity contribution in [3.63, 3.8) is 0 Å². The summed E-state index contributed by atoms with van der Waals surface area (Å²) in [4.78, 5) is 10.1. The monoisotopic (exact) mass is 242 g/mol. The fourth-order valence-corrected chi connectivity index (χ4v) is 2.76. The molecule has 0 aliphatic rings. The van der Waals surface area contributed by atoms with Gasteiger partial charge in [-0.1, -0.05) is 0 Å². The third kappa shape index (κ3) is 4.25. The molecule has 0 radical (unpaired) electrons. The number of hydrogen-bond donors (Lipinski definition) is 0. The van der Waals surface area contributed by atoms with E-state index in [1.165, 1.54) is 11.1 Å². The van der Waals surface area contributed by atoms with E-state index in [1.54, 1.807) is 0 Å². The first-order valence-electron chi connectivity index (χ1n) is 4.40. The van der Waals surface area contributed by atoms with Crippen LogP contribution in [0.15, 0.2) is 24.3 Å². The predicted octanol–water partition coefficient (Wildman–Crippen LogP) is 2.21. The maximum absolute atomic E-state index is 10.1. The molecule has 0 aromatic heterocycles. The first kappa shape index (κ1) is 10.5. The van der Waals surface area contributed by atoms with Crippen molar-refractivity contribution in [2.75, 3.05) is 0 Å². The summed E-state index contributed by atoms with van der Waals surface area (Å²) in [5.74, 6) is 0. The molecule has 2 heteroatoms. The van der Waals surface area contributed by atoms with Gasteiger partial charge in [-0.25, -0.2) is 0 Å². The van der Waals surface area contributed by atoms with Crippen LogP contribution in [0.5, 0.6) is 0 Å². The first-order valence-corrected chi connectivity index (χ1v) is 6.82. The molecule has 13 heavy (non-hydrogen) atoms. The summed E-state index contributed by atoms with van der Waals surface area (Å²) in [6.45, 7) is 2.10. The summed E-state index contributed by atoms with van der Waals surface area (Å²) >= 11 is 0.593. The van der Waals surface area contributed by atoms with Gasteiger partial charge >= 0.3 is 85.4 Å². The Bertz CT molecular complexity index is 253. The third-order valence-electron chi connectivity index (χ3n) is 1.77. The Morgan fingerprint density at radius 3 is 2.62 bits per heavy atom. The van der Waals surface area contributed by atoms with Crippen LogP contribution in [-0.2, 0) is 10.1 Å². The van der Waals surface area contributed by atoms with E-state index in [0.29, 0.717) is 15.0 Å². The van der Waals surface area contributed by atoms with Crippen LogP contribution in [0.1, 0.15) is 17.5 Å². The van der Waals surface area contributed by atoms with E-state index in [1.807, 2.05) is 0 Å². The molecule has 0 amide bonds. The molecule has 0 bridgehead atoms. The van der Waals surface area contributed by atoms with E-state index >= 15 is 0 Å². The molecule has 0 atom stereocenters. The van der Waals surface area contributed by atoms with Gasteiger partial charge in [-0.05, 0) is 0 Å². The predicted molar refractivity (Wildman–Crippen MR) is 56.1 cm³/mol. The Labute approximate surface area is 85.7 Å². The average molecular weight is 241 g/mol. The van der Waals surface area contributed by atoms with Gasteiger partial charge in [0.1, 0.15) is 0 Å². The van der Waals surface area contributed by atoms with Gasteiger partial charge in [0.05, 0.1) is 0 Å². The molecule has 0 fully saturated rings. The normalized spacial score (nSPS) is 9.92. The minimum absolute atomic E-state index is 0.593. The summed E-state index contributed by atoms with van der Waals surface area (Å²) in [6.07, 6.45) is 1.74. The summed E-state index contributed by atoms with van der Waals surface area (Å²) in [5, 5.41) is 2.23. The standard InChI is InChI=1S/C11H14OSe/c1-10-3-5-11(6-4-10)9-13-8-2-7-12/h3-7H,2,8-9H2,1H3. The number of benzene rings is 1. The average Bonchev–Trinajstić information content (AvgIpc) is 2.15. The molecule has 0 heterocycles. The third-order valence-corrected chi connectivity index (χ3v) is 4.00. The topological polar surface area (TPSA) is 17.1 Å². The fourth-order valence-electron chi connectivity index (χ4n) is 1.01. The van der Waals surface area contributed by atoms with Crippen LogP contribution in [0.2, 0.25) is 5.32 Å². The van der Waals surface area contributed by atoms with Gasteiger partial charge in [-0.15, -0.1) is 0 Å². The second-order valence-electron chi connectivity index (χ2n) is 2.99. The molecule has 0 saturated carbocycles. The molecule has 1 aromatic carbocycles. The van der Waals surface area contributed by atoms with Crippen LogP contribution in [0.4, 0.5) is 0 Å². The molecule has 0 saturated heterocycles. The van der Waals surface area contributed by atoms with Crippen LogP contribution in [-0.4, -0.2) is 21.2 Å². The molecule has 1 aromatic rings. The first-order chi connectivity index (χ1) is 6.33. The van der Waals surface area contributed by atoms with Crippen molar-refractivity contribution in [3.05, 3.63) is 35.4 Å². The Morgan fingerprint density at radius 2 is 2.00 bits per heavy atom. The molecule has 70 valence electrons. The Hall–Kier alpha value is -0.591. The molecule has 0 aliphatic heterocycles. The summed E-state index contributed by atoms with van der Waals surface area (Å²) in [5.41, 5.74) is 2.71. The number of hydrogen-bond acceptors (Lipinski definition) is 1. The summed E-state index contributed by atoms with van der Waals surface area (Å²) < 4.78 is 0. The van der Waals surface area contributed by atoms with Crippen LogP contribution < -0.4 is 0 Å². The molecule has 0 N–H and O–H groups in total. The van der Waals surface area contributed by atoms with E-state index in [9.17, 15) is 4.79 Å². The summed E-state index contributed by atoms with van der Waals surface area (Å²) in [7, 11) is 0. The number of aldehydes is 1. The molecule has 0 unspecified atom stereocenters. The Morgan fingerprint density at radius 1 is 1.31 bits per heavy atom. The van der Waals surface area contributed by atoms with Gasteiger partial charge in [-0.3, -0.25) is 0 Å².